The van der Waals surface area contributed by atoms with E-state index in [2.05, 4.69) is 20.5 Å². The highest BCUT2D eigenvalue weighted by Crippen LogP contribution is 2.33. The summed E-state index contributed by atoms with van der Waals surface area (Å²) in [7, 11) is 0. The number of carbonyl (C=O) groups excluding carboxylic acids is 1. The lowest BCUT2D eigenvalue weighted by Crippen LogP contribution is -2.23. The van der Waals surface area contributed by atoms with Gasteiger partial charge in [-0.1, -0.05) is 12.1 Å². The normalized spacial score (nSPS) is 11.8. The van der Waals surface area contributed by atoms with E-state index < -0.39 is 23.6 Å². The number of aromatic nitrogens is 5. The fourth-order valence-electron chi connectivity index (χ4n) is 3.23. The third-order valence-corrected chi connectivity index (χ3v) is 4.86. The van der Waals surface area contributed by atoms with Crippen molar-refractivity contribution in [2.24, 2.45) is 0 Å². The van der Waals surface area contributed by atoms with Crippen LogP contribution in [-0.4, -0.2) is 30.3 Å². The zero-order valence-electron chi connectivity index (χ0n) is 17.1. The lowest BCUT2D eigenvalue weighted by atomic mass is 10.1. The average molecular weight is 446 g/mol. The molecule has 0 saturated heterocycles. The Bertz CT molecular complexity index is 1290. The summed E-state index contributed by atoms with van der Waals surface area (Å²) in [5, 5.41) is 10.6. The van der Waals surface area contributed by atoms with Crippen LogP contribution in [0.3, 0.4) is 0 Å². The summed E-state index contributed by atoms with van der Waals surface area (Å²) in [4.78, 5) is 16.8. The van der Waals surface area contributed by atoms with Gasteiger partial charge in [0, 0.05) is 30.9 Å². The quantitative estimate of drug-likeness (QED) is 0.470. The molecule has 166 valence electrons. The van der Waals surface area contributed by atoms with Gasteiger partial charge in [-0.15, -0.1) is 0 Å². The topological polar surface area (TPSA) is 77.1 Å². The highest BCUT2D eigenvalue weighted by atomic mass is 19.4. The first-order valence-electron chi connectivity index (χ1n) is 9.71. The molecule has 3 aromatic heterocycles. The van der Waals surface area contributed by atoms with Gasteiger partial charge in [0.1, 0.15) is 5.82 Å². The molecule has 3 heterocycles. The first-order valence-corrected chi connectivity index (χ1v) is 9.71. The fraction of sp³-hybridized carbons (Fsp3) is 0.238. The van der Waals surface area contributed by atoms with Crippen molar-refractivity contribution >= 4 is 11.6 Å². The first kappa shape index (κ1) is 21.5. The molecule has 4 rings (SSSR count). The number of amides is 1. The molecule has 0 bridgehead atoms. The SMILES string of the molecule is CCn1cc(-c2cc(C(F)(F)F)n3nc(C(=O)NCc4ccc(F)cc4)cc3n2)c(C)n1. The van der Waals surface area contributed by atoms with Crippen LogP contribution < -0.4 is 5.32 Å². The molecule has 1 N–H and O–H groups in total. The molecule has 0 aliphatic heterocycles. The van der Waals surface area contributed by atoms with Gasteiger partial charge >= 0.3 is 6.18 Å². The van der Waals surface area contributed by atoms with Crippen molar-refractivity contribution in [3.8, 4) is 11.3 Å². The third kappa shape index (κ3) is 4.18. The van der Waals surface area contributed by atoms with Gasteiger partial charge < -0.3 is 5.32 Å². The van der Waals surface area contributed by atoms with Crippen molar-refractivity contribution in [2.45, 2.75) is 33.1 Å². The maximum absolute atomic E-state index is 13.8. The second-order valence-electron chi connectivity index (χ2n) is 7.12. The van der Waals surface area contributed by atoms with E-state index in [1.165, 1.54) is 30.3 Å². The van der Waals surface area contributed by atoms with Gasteiger partial charge in [-0.2, -0.15) is 23.4 Å². The molecule has 4 aromatic rings. The van der Waals surface area contributed by atoms with Crippen molar-refractivity contribution in [2.75, 3.05) is 0 Å². The molecular formula is C21H18F4N6O. The van der Waals surface area contributed by atoms with Crippen molar-refractivity contribution in [3.63, 3.8) is 0 Å². The van der Waals surface area contributed by atoms with Gasteiger partial charge in [-0.3, -0.25) is 9.48 Å². The van der Waals surface area contributed by atoms with E-state index in [-0.39, 0.29) is 23.6 Å². The van der Waals surface area contributed by atoms with Gasteiger partial charge in [0.15, 0.2) is 17.0 Å². The Labute approximate surface area is 179 Å². The number of halogens is 4. The molecule has 1 amide bonds. The maximum Gasteiger partial charge on any atom is 0.433 e. The lowest BCUT2D eigenvalue weighted by Gasteiger charge is -2.10. The molecule has 0 radical (unpaired) electrons. The number of carbonyl (C=O) groups is 1. The number of nitrogens with zero attached hydrogens (tertiary/aromatic N) is 5. The van der Waals surface area contributed by atoms with Crippen LogP contribution in [0.25, 0.3) is 16.9 Å². The smallest absolute Gasteiger partial charge is 0.347 e. The Morgan fingerprint density at radius 2 is 1.84 bits per heavy atom. The van der Waals surface area contributed by atoms with Crippen molar-refractivity contribution in [3.05, 3.63) is 71.1 Å². The minimum atomic E-state index is -4.72. The maximum atomic E-state index is 13.8. The van der Waals surface area contributed by atoms with Gasteiger partial charge in [-0.05, 0) is 37.6 Å². The second kappa shape index (κ2) is 8.06. The van der Waals surface area contributed by atoms with Gasteiger partial charge in [-0.25, -0.2) is 13.9 Å². The van der Waals surface area contributed by atoms with E-state index >= 15 is 0 Å². The summed E-state index contributed by atoms with van der Waals surface area (Å²) in [6, 6.07) is 7.57. The van der Waals surface area contributed by atoms with Crippen molar-refractivity contribution in [1.29, 1.82) is 0 Å². The molecule has 32 heavy (non-hydrogen) atoms. The molecule has 1 aromatic carbocycles. The highest BCUT2D eigenvalue weighted by molar-refractivity contribution is 5.93. The number of aryl methyl sites for hydroxylation is 2. The van der Waals surface area contributed by atoms with Crippen LogP contribution >= 0.6 is 0 Å². The summed E-state index contributed by atoms with van der Waals surface area (Å²) in [5.74, 6) is -1.09. The Balaban J connectivity index is 1.70. The summed E-state index contributed by atoms with van der Waals surface area (Å²) in [5.41, 5.74) is 0.313. The standard InChI is InChI=1S/C21H18F4N6O/c1-3-30-11-15(12(2)28-30)16-8-18(21(23,24)25)31-19(27-16)9-17(29-31)20(32)26-10-13-4-6-14(22)7-5-13/h4-9,11H,3,10H2,1-2H3,(H,26,32). The molecule has 0 fully saturated rings. The molecular weight excluding hydrogens is 428 g/mol. The average Bonchev–Trinajstić information content (AvgIpc) is 3.34. The largest absolute Gasteiger partial charge is 0.433 e. The molecule has 0 aliphatic carbocycles. The lowest BCUT2D eigenvalue weighted by molar-refractivity contribution is -0.142. The summed E-state index contributed by atoms with van der Waals surface area (Å²) < 4.78 is 56.5. The van der Waals surface area contributed by atoms with Crippen molar-refractivity contribution < 1.29 is 22.4 Å². The van der Waals surface area contributed by atoms with Crippen LogP contribution in [0.2, 0.25) is 0 Å². The summed E-state index contributed by atoms with van der Waals surface area (Å²) >= 11 is 0. The number of nitrogens with one attached hydrogen (secondary N) is 1. The monoisotopic (exact) mass is 446 g/mol. The van der Waals surface area contributed by atoms with Gasteiger partial charge in [0.25, 0.3) is 5.91 Å². The molecule has 0 saturated carbocycles. The number of alkyl halides is 3. The van der Waals surface area contributed by atoms with Crippen LogP contribution in [0.15, 0.2) is 42.6 Å². The zero-order valence-corrected chi connectivity index (χ0v) is 17.1. The Hall–Kier alpha value is -3.76. The van der Waals surface area contributed by atoms with Crippen LogP contribution in [0.4, 0.5) is 17.6 Å². The number of fused-ring (bicyclic) bond motifs is 1. The predicted octanol–water partition coefficient (Wildman–Crippen LogP) is 4.01. The number of benzene rings is 1. The fourth-order valence-corrected chi connectivity index (χ4v) is 3.23. The van der Waals surface area contributed by atoms with E-state index in [4.69, 9.17) is 0 Å². The van der Waals surface area contributed by atoms with E-state index in [0.717, 1.165) is 6.07 Å². The summed E-state index contributed by atoms with van der Waals surface area (Å²) in [6.45, 7) is 4.17. The molecule has 0 unspecified atom stereocenters. The van der Waals surface area contributed by atoms with E-state index in [0.29, 0.717) is 27.9 Å². The molecule has 7 nitrogen and oxygen atoms in total. The van der Waals surface area contributed by atoms with E-state index in [1.54, 1.807) is 17.8 Å². The Morgan fingerprint density at radius 1 is 1.12 bits per heavy atom. The highest BCUT2D eigenvalue weighted by Gasteiger charge is 2.36. The predicted molar refractivity (Wildman–Crippen MR) is 107 cm³/mol. The van der Waals surface area contributed by atoms with Crippen LogP contribution in [0.1, 0.15) is 34.4 Å². The first-order chi connectivity index (χ1) is 15.2. The van der Waals surface area contributed by atoms with Crippen LogP contribution in [0.5, 0.6) is 0 Å². The van der Waals surface area contributed by atoms with Crippen molar-refractivity contribution in [1.82, 2.24) is 29.7 Å². The zero-order chi connectivity index (χ0) is 23.0. The van der Waals surface area contributed by atoms with E-state index in [9.17, 15) is 22.4 Å². The molecule has 0 aliphatic rings. The third-order valence-electron chi connectivity index (χ3n) is 4.86. The number of rotatable bonds is 5. The van der Waals surface area contributed by atoms with Gasteiger partial charge in [0.2, 0.25) is 0 Å². The summed E-state index contributed by atoms with van der Waals surface area (Å²) in [6.07, 6.45) is -3.10. The molecule has 0 spiro atoms. The number of hydrogen-bond donors (Lipinski definition) is 1. The number of hydrogen-bond acceptors (Lipinski definition) is 4. The molecule has 11 heteroatoms. The van der Waals surface area contributed by atoms with Crippen LogP contribution in [0, 0.1) is 12.7 Å². The Kier molecular flexibility index (Phi) is 5.41. The molecule has 0 atom stereocenters. The minimum absolute atomic E-state index is 0.0627. The second-order valence-corrected chi connectivity index (χ2v) is 7.12. The van der Waals surface area contributed by atoms with Crippen LogP contribution in [-0.2, 0) is 19.3 Å². The van der Waals surface area contributed by atoms with E-state index in [1.807, 2.05) is 6.92 Å². The Morgan fingerprint density at radius 3 is 2.47 bits per heavy atom. The minimum Gasteiger partial charge on any atom is -0.347 e. The van der Waals surface area contributed by atoms with Gasteiger partial charge in [0.05, 0.1) is 11.4 Å².